The Kier molecular flexibility index (Phi) is 4.70. The van der Waals surface area contributed by atoms with E-state index in [4.69, 9.17) is 0 Å². The van der Waals surface area contributed by atoms with Crippen LogP contribution in [0.15, 0.2) is 77.3 Å². The molecule has 3 heterocycles. The second-order valence-corrected chi connectivity index (χ2v) is 8.68. The number of nitrogens with one attached hydrogen (secondary N) is 4. The van der Waals surface area contributed by atoms with Gasteiger partial charge >= 0.3 is 0 Å². The van der Waals surface area contributed by atoms with Crippen LogP contribution in [0.25, 0.3) is 0 Å². The lowest BCUT2D eigenvalue weighted by Crippen LogP contribution is -2.51. The van der Waals surface area contributed by atoms with Crippen LogP contribution in [0, 0.1) is 0 Å². The molecule has 4 N–H and O–H groups in total. The lowest BCUT2D eigenvalue weighted by molar-refractivity contribution is -0.118. The number of hydrogen-bond acceptors (Lipinski definition) is 7. The maximum Gasteiger partial charge on any atom is 0.274 e. The van der Waals surface area contributed by atoms with Crippen molar-refractivity contribution < 1.29 is 13.2 Å². The van der Waals surface area contributed by atoms with E-state index in [0.29, 0.717) is 17.8 Å². The summed E-state index contributed by atoms with van der Waals surface area (Å²) in [6.45, 7) is 0.546. The first-order valence-electron chi connectivity index (χ1n) is 8.83. The summed E-state index contributed by atoms with van der Waals surface area (Å²) >= 11 is 0. The number of hydrazine groups is 1. The molecule has 0 fully saturated rings. The molecule has 0 saturated heterocycles. The van der Waals surface area contributed by atoms with E-state index in [9.17, 15) is 13.2 Å². The van der Waals surface area contributed by atoms with Crippen molar-refractivity contribution in [3.05, 3.63) is 77.9 Å². The smallest absolute Gasteiger partial charge is 0.274 e. The van der Waals surface area contributed by atoms with Gasteiger partial charge in [-0.2, -0.15) is 0 Å². The van der Waals surface area contributed by atoms with Crippen molar-refractivity contribution in [3.63, 3.8) is 0 Å². The number of carbonyl (C=O) groups is 1. The van der Waals surface area contributed by atoms with Crippen LogP contribution in [0.2, 0.25) is 0 Å². The zero-order valence-electron chi connectivity index (χ0n) is 15.2. The van der Waals surface area contributed by atoms with Crippen molar-refractivity contribution in [2.45, 2.75) is 17.1 Å². The van der Waals surface area contributed by atoms with E-state index in [0.717, 1.165) is 5.70 Å². The van der Waals surface area contributed by atoms with Crippen LogP contribution in [0.5, 0.6) is 0 Å². The van der Waals surface area contributed by atoms with Crippen LogP contribution in [0.4, 0.5) is 0 Å². The minimum absolute atomic E-state index is 0.222. The van der Waals surface area contributed by atoms with Crippen LogP contribution < -0.4 is 21.4 Å². The Bertz CT molecular complexity index is 1030. The van der Waals surface area contributed by atoms with Crippen molar-refractivity contribution in [2.75, 3.05) is 12.8 Å². The highest BCUT2D eigenvalue weighted by molar-refractivity contribution is 7.90. The zero-order chi connectivity index (χ0) is 19.7. The third-order valence-electron chi connectivity index (χ3n) is 4.66. The fourth-order valence-corrected chi connectivity index (χ4v) is 4.29. The Morgan fingerprint density at radius 1 is 1.25 bits per heavy atom. The Morgan fingerprint density at radius 3 is 2.82 bits per heavy atom. The van der Waals surface area contributed by atoms with Gasteiger partial charge in [0.25, 0.3) is 5.91 Å². The molecule has 146 valence electrons. The van der Waals surface area contributed by atoms with Gasteiger partial charge in [0.15, 0.2) is 9.84 Å². The van der Waals surface area contributed by atoms with E-state index in [1.165, 1.54) is 6.26 Å². The quantitative estimate of drug-likeness (QED) is 0.544. The zero-order valence-corrected chi connectivity index (χ0v) is 16.0. The van der Waals surface area contributed by atoms with Crippen LogP contribution in [-0.4, -0.2) is 38.3 Å². The molecule has 4 rings (SSSR count). The van der Waals surface area contributed by atoms with Crippen molar-refractivity contribution >= 4 is 15.7 Å². The molecule has 9 heteroatoms. The first-order valence-corrected chi connectivity index (χ1v) is 10.7. The summed E-state index contributed by atoms with van der Waals surface area (Å²) in [6, 6.07) is 6.49. The average molecular weight is 399 g/mol. The number of nitrogens with zero attached hydrogens (tertiary/aromatic N) is 1. The topological polar surface area (TPSA) is 103 Å². The molecule has 0 aromatic heterocycles. The van der Waals surface area contributed by atoms with Gasteiger partial charge in [-0.3, -0.25) is 9.80 Å². The normalized spacial score (nSPS) is 23.2. The molecule has 2 unspecified atom stereocenters. The molecule has 28 heavy (non-hydrogen) atoms. The Labute approximate surface area is 163 Å². The van der Waals surface area contributed by atoms with Crippen molar-refractivity contribution in [1.82, 2.24) is 26.4 Å². The molecule has 2 atom stereocenters. The Morgan fingerprint density at radius 2 is 2.07 bits per heavy atom. The highest BCUT2D eigenvalue weighted by atomic mass is 32.2. The SMILES string of the molecule is CS(=O)(=O)c1ccccc1C1C=CC2NC=C(C(=O)NC3=CC=CNC3)N2N1. The van der Waals surface area contributed by atoms with Crippen LogP contribution in [0.3, 0.4) is 0 Å². The molecular weight excluding hydrogens is 378 g/mol. The number of amides is 1. The lowest BCUT2D eigenvalue weighted by atomic mass is 10.1. The fraction of sp³-hybridized carbons (Fsp3) is 0.211. The summed E-state index contributed by atoms with van der Waals surface area (Å²) in [5.74, 6) is -0.253. The summed E-state index contributed by atoms with van der Waals surface area (Å²) in [6.07, 6.45) is 11.9. The van der Waals surface area contributed by atoms with Gasteiger partial charge in [-0.05, 0) is 36.1 Å². The van der Waals surface area contributed by atoms with Gasteiger partial charge in [-0.25, -0.2) is 13.8 Å². The molecule has 1 amide bonds. The largest absolute Gasteiger partial charge is 0.385 e. The highest BCUT2D eigenvalue weighted by Crippen LogP contribution is 2.29. The van der Waals surface area contributed by atoms with Crippen LogP contribution in [-0.2, 0) is 14.6 Å². The number of rotatable bonds is 4. The van der Waals surface area contributed by atoms with Gasteiger partial charge in [0.05, 0.1) is 17.5 Å². The van der Waals surface area contributed by atoms with Gasteiger partial charge < -0.3 is 16.0 Å². The predicted octanol–water partition coefficient (Wildman–Crippen LogP) is 0.395. The van der Waals surface area contributed by atoms with Crippen molar-refractivity contribution in [1.29, 1.82) is 0 Å². The molecule has 3 aliphatic rings. The van der Waals surface area contributed by atoms with Crippen LogP contribution in [0.1, 0.15) is 11.6 Å². The lowest BCUT2D eigenvalue weighted by Gasteiger charge is -2.35. The highest BCUT2D eigenvalue weighted by Gasteiger charge is 2.34. The number of carbonyl (C=O) groups excluding carboxylic acids is 1. The molecule has 0 saturated carbocycles. The van der Waals surface area contributed by atoms with Gasteiger partial charge in [0.1, 0.15) is 11.9 Å². The molecule has 0 spiro atoms. The van der Waals surface area contributed by atoms with Crippen molar-refractivity contribution in [3.8, 4) is 0 Å². The van der Waals surface area contributed by atoms with Gasteiger partial charge in [0.2, 0.25) is 0 Å². The number of hydrogen-bond donors (Lipinski definition) is 4. The Balaban J connectivity index is 1.56. The Hall–Kier alpha value is -3.04. The summed E-state index contributed by atoms with van der Waals surface area (Å²) in [4.78, 5) is 13.0. The number of allylic oxidation sites excluding steroid dienone is 2. The second kappa shape index (κ2) is 7.17. The number of benzene rings is 1. The van der Waals surface area contributed by atoms with E-state index in [1.54, 1.807) is 35.5 Å². The summed E-state index contributed by atoms with van der Waals surface area (Å²) in [5.41, 5.74) is 5.08. The van der Waals surface area contributed by atoms with E-state index in [-0.39, 0.29) is 23.0 Å². The van der Waals surface area contributed by atoms with Crippen LogP contribution >= 0.6 is 0 Å². The minimum atomic E-state index is -3.38. The number of fused-ring (bicyclic) bond motifs is 1. The minimum Gasteiger partial charge on any atom is -0.385 e. The third kappa shape index (κ3) is 3.54. The first-order chi connectivity index (χ1) is 13.4. The van der Waals surface area contributed by atoms with Gasteiger partial charge in [-0.1, -0.05) is 24.3 Å². The maximum atomic E-state index is 12.7. The molecule has 1 aromatic carbocycles. The number of dihydropyridines is 1. The predicted molar refractivity (Wildman–Crippen MR) is 105 cm³/mol. The first kappa shape index (κ1) is 18.3. The number of sulfone groups is 1. The second-order valence-electron chi connectivity index (χ2n) is 6.70. The van der Waals surface area contributed by atoms with E-state index in [2.05, 4.69) is 21.4 Å². The molecule has 1 aromatic rings. The monoisotopic (exact) mass is 399 g/mol. The fourth-order valence-electron chi connectivity index (χ4n) is 3.34. The average Bonchev–Trinajstić information content (AvgIpc) is 3.11. The molecule has 3 aliphatic heterocycles. The van der Waals surface area contributed by atoms with Gasteiger partial charge in [-0.15, -0.1) is 0 Å². The van der Waals surface area contributed by atoms with E-state index >= 15 is 0 Å². The molecule has 0 radical (unpaired) electrons. The van der Waals surface area contributed by atoms with Gasteiger partial charge in [0, 0.05) is 18.2 Å². The summed E-state index contributed by atoms with van der Waals surface area (Å²) < 4.78 is 24.3. The molecular formula is C19H21N5O3S. The molecule has 8 nitrogen and oxygen atoms in total. The van der Waals surface area contributed by atoms with Crippen molar-refractivity contribution in [2.24, 2.45) is 0 Å². The molecule has 0 bridgehead atoms. The molecule has 0 aliphatic carbocycles. The summed E-state index contributed by atoms with van der Waals surface area (Å²) in [5, 5.41) is 10.8. The summed E-state index contributed by atoms with van der Waals surface area (Å²) in [7, 11) is -3.38. The standard InChI is InChI=1S/C19H21N5O3S/c1-28(26,27)17-7-3-2-6-14(17)15-8-9-18-21-12-16(24(18)23-15)19(25)22-13-5-4-10-20-11-13/h2-10,12,15,18,20-21,23H,11H2,1H3,(H,22,25). The van der Waals surface area contributed by atoms with E-state index < -0.39 is 9.84 Å². The third-order valence-corrected chi connectivity index (χ3v) is 5.83. The van der Waals surface area contributed by atoms with E-state index in [1.807, 2.05) is 30.5 Å². The maximum absolute atomic E-state index is 12.7.